The number of hydrogen-bond acceptors (Lipinski definition) is 4. The zero-order valence-electron chi connectivity index (χ0n) is 7.75. The lowest BCUT2D eigenvalue weighted by Gasteiger charge is -2.27. The lowest BCUT2D eigenvalue weighted by Crippen LogP contribution is -2.54. The highest BCUT2D eigenvalue weighted by Crippen LogP contribution is 2.53. The zero-order chi connectivity index (χ0) is 11.4. The van der Waals surface area contributed by atoms with Crippen molar-refractivity contribution in [2.24, 2.45) is 17.6 Å². The van der Waals surface area contributed by atoms with Crippen molar-refractivity contribution in [3.05, 3.63) is 0 Å². The molecule has 0 spiro atoms. The Kier molecular flexibility index (Phi) is 2.13. The Labute approximate surface area is 87.9 Å². The Morgan fingerprint density at radius 2 is 2.00 bits per heavy atom. The van der Waals surface area contributed by atoms with Crippen molar-refractivity contribution in [1.29, 1.82) is 0 Å². The summed E-state index contributed by atoms with van der Waals surface area (Å²) in [5.74, 6) is -3.65. The van der Waals surface area contributed by atoms with E-state index < -0.39 is 45.4 Å². The highest BCUT2D eigenvalue weighted by molar-refractivity contribution is 7.86. The molecular weight excluding hydrogens is 222 g/mol. The van der Waals surface area contributed by atoms with Gasteiger partial charge >= 0.3 is 11.9 Å². The summed E-state index contributed by atoms with van der Waals surface area (Å²) in [6, 6.07) is 0. The Balaban J connectivity index is 2.31. The topological polar surface area (TPSA) is 118 Å². The van der Waals surface area contributed by atoms with Crippen LogP contribution in [0.1, 0.15) is 6.42 Å². The molecule has 5 atom stereocenters. The molecule has 1 saturated carbocycles. The molecule has 0 aromatic heterocycles. The molecule has 0 aromatic carbocycles. The van der Waals surface area contributed by atoms with E-state index in [0.29, 0.717) is 0 Å². The van der Waals surface area contributed by atoms with Crippen LogP contribution in [0.5, 0.6) is 0 Å². The molecule has 2 aliphatic rings. The van der Waals surface area contributed by atoms with Crippen LogP contribution in [-0.4, -0.2) is 42.9 Å². The fourth-order valence-electron chi connectivity index (χ4n) is 2.34. The van der Waals surface area contributed by atoms with E-state index in [1.165, 1.54) is 0 Å². The maximum absolute atomic E-state index is 11.5. The summed E-state index contributed by atoms with van der Waals surface area (Å²) in [5, 5.41) is 17.2. The summed E-state index contributed by atoms with van der Waals surface area (Å²) >= 11 is 0. The van der Waals surface area contributed by atoms with E-state index in [1.54, 1.807) is 0 Å². The van der Waals surface area contributed by atoms with Gasteiger partial charge in [-0.25, -0.2) is 0 Å². The van der Waals surface area contributed by atoms with Crippen molar-refractivity contribution in [2.75, 3.05) is 5.75 Å². The first-order valence-corrected chi connectivity index (χ1v) is 5.90. The van der Waals surface area contributed by atoms with Gasteiger partial charge in [-0.2, -0.15) is 0 Å². The molecule has 7 heteroatoms. The smallest absolute Gasteiger partial charge is 0.324 e. The summed E-state index contributed by atoms with van der Waals surface area (Å²) in [4.78, 5) is 21.8. The van der Waals surface area contributed by atoms with Crippen LogP contribution in [0.4, 0.5) is 0 Å². The van der Waals surface area contributed by atoms with Gasteiger partial charge in [0.15, 0.2) is 0 Å². The van der Waals surface area contributed by atoms with E-state index in [4.69, 9.17) is 15.9 Å². The summed E-state index contributed by atoms with van der Waals surface area (Å²) in [7, 11) is -1.25. The minimum Gasteiger partial charge on any atom is -0.481 e. The molecule has 15 heavy (non-hydrogen) atoms. The minimum atomic E-state index is -1.51. The van der Waals surface area contributed by atoms with Crippen molar-refractivity contribution in [1.82, 2.24) is 0 Å². The highest BCUT2D eigenvalue weighted by Gasteiger charge is 2.70. The first-order chi connectivity index (χ1) is 6.89. The summed E-state index contributed by atoms with van der Waals surface area (Å²) in [6.45, 7) is 0. The van der Waals surface area contributed by atoms with Crippen molar-refractivity contribution in [3.8, 4) is 0 Å². The molecule has 1 unspecified atom stereocenters. The molecule has 0 aromatic rings. The Hall–Kier alpha value is -0.950. The average molecular weight is 233 g/mol. The Bertz CT molecular complexity index is 366. The number of carbonyl (C=O) groups is 2. The van der Waals surface area contributed by atoms with Gasteiger partial charge in [-0.1, -0.05) is 0 Å². The average Bonchev–Trinajstić information content (AvgIpc) is 2.87. The van der Waals surface area contributed by atoms with Crippen LogP contribution in [0.3, 0.4) is 0 Å². The Morgan fingerprint density at radius 1 is 1.40 bits per heavy atom. The van der Waals surface area contributed by atoms with Gasteiger partial charge in [0.25, 0.3) is 0 Å². The van der Waals surface area contributed by atoms with E-state index in [1.807, 2.05) is 0 Å². The number of carboxylic acids is 2. The summed E-state index contributed by atoms with van der Waals surface area (Å²) < 4.78 is 11.5. The third kappa shape index (κ3) is 1.30. The van der Waals surface area contributed by atoms with Crippen molar-refractivity contribution >= 4 is 22.7 Å². The molecular formula is C8H11NO5S. The maximum Gasteiger partial charge on any atom is 0.324 e. The molecule has 2 rings (SSSR count). The minimum absolute atomic E-state index is 0.0832. The monoisotopic (exact) mass is 233 g/mol. The molecule has 6 nitrogen and oxygen atoms in total. The van der Waals surface area contributed by atoms with Gasteiger partial charge in [-0.05, 0) is 6.42 Å². The standard InChI is InChI=1S/C8H11NO5S/c9-8(7(12)13)1-2-15(14)5-3(4(5)8)6(10)11/h3-5H,1-2,9H2,(H,10,11)(H,12,13)/t3-,4-,5+,8+,15?/m1/s1. The highest BCUT2D eigenvalue weighted by atomic mass is 32.2. The van der Waals surface area contributed by atoms with E-state index in [2.05, 4.69) is 0 Å². The van der Waals surface area contributed by atoms with Gasteiger partial charge in [0.1, 0.15) is 5.54 Å². The predicted octanol–water partition coefficient (Wildman–Crippen LogP) is -1.38. The molecule has 84 valence electrons. The predicted molar refractivity (Wildman–Crippen MR) is 50.6 cm³/mol. The number of hydrogen-bond donors (Lipinski definition) is 3. The van der Waals surface area contributed by atoms with Gasteiger partial charge < -0.3 is 15.9 Å². The van der Waals surface area contributed by atoms with Gasteiger partial charge in [-0.15, -0.1) is 0 Å². The van der Waals surface area contributed by atoms with Crippen LogP contribution >= 0.6 is 0 Å². The second-order valence-corrected chi connectivity index (χ2v) is 5.75. The van der Waals surface area contributed by atoms with E-state index in [9.17, 15) is 13.8 Å². The normalized spacial score (nSPS) is 48.1. The SMILES string of the molecule is N[C@@]1(C(=O)O)CCS(=O)[C@H]2[C@H](C(=O)O)[C@H]21. The van der Waals surface area contributed by atoms with Gasteiger partial charge in [0, 0.05) is 22.5 Å². The second-order valence-electron chi connectivity index (χ2n) is 4.03. The van der Waals surface area contributed by atoms with Gasteiger partial charge in [0.05, 0.1) is 11.2 Å². The molecule has 1 aliphatic heterocycles. The van der Waals surface area contributed by atoms with Crippen LogP contribution in [0.25, 0.3) is 0 Å². The van der Waals surface area contributed by atoms with E-state index in [-0.39, 0.29) is 12.2 Å². The number of nitrogens with two attached hydrogens (primary N) is 1. The molecule has 0 radical (unpaired) electrons. The molecule has 1 heterocycles. The fraction of sp³-hybridized carbons (Fsp3) is 0.750. The van der Waals surface area contributed by atoms with Crippen LogP contribution < -0.4 is 5.73 Å². The summed E-state index contributed by atoms with van der Waals surface area (Å²) in [6.07, 6.45) is 0.0832. The van der Waals surface area contributed by atoms with Crippen LogP contribution in [0.15, 0.2) is 0 Å². The molecule has 1 saturated heterocycles. The number of carboxylic acid groups (broad SMARTS) is 2. The largest absolute Gasteiger partial charge is 0.481 e. The van der Waals surface area contributed by atoms with E-state index in [0.717, 1.165) is 0 Å². The second kappa shape index (κ2) is 3.02. The van der Waals surface area contributed by atoms with Crippen molar-refractivity contribution in [3.63, 3.8) is 0 Å². The number of fused-ring (bicyclic) bond motifs is 1. The van der Waals surface area contributed by atoms with Gasteiger partial charge in [-0.3, -0.25) is 13.8 Å². The lowest BCUT2D eigenvalue weighted by atomic mass is 9.90. The summed E-state index contributed by atoms with van der Waals surface area (Å²) in [5.41, 5.74) is 4.17. The van der Waals surface area contributed by atoms with Crippen molar-refractivity contribution in [2.45, 2.75) is 17.2 Å². The first-order valence-electron chi connectivity index (χ1n) is 4.52. The van der Waals surface area contributed by atoms with Crippen LogP contribution in [0, 0.1) is 11.8 Å². The molecule has 2 fully saturated rings. The fourth-order valence-corrected chi connectivity index (χ4v) is 4.41. The molecule has 1 aliphatic carbocycles. The Morgan fingerprint density at radius 3 is 2.47 bits per heavy atom. The number of rotatable bonds is 2. The third-order valence-corrected chi connectivity index (χ3v) is 5.05. The number of aliphatic carboxylic acids is 2. The third-order valence-electron chi connectivity index (χ3n) is 3.25. The first kappa shape index (κ1) is 10.6. The van der Waals surface area contributed by atoms with Crippen molar-refractivity contribution < 1.29 is 24.0 Å². The molecule has 4 N–H and O–H groups in total. The maximum atomic E-state index is 11.5. The van der Waals surface area contributed by atoms with Gasteiger partial charge in [0.2, 0.25) is 0 Å². The quantitative estimate of drug-likeness (QED) is 0.541. The molecule has 0 amide bonds. The van der Waals surface area contributed by atoms with Crippen LogP contribution in [-0.2, 0) is 20.4 Å². The zero-order valence-corrected chi connectivity index (χ0v) is 8.57. The molecule has 0 bridgehead atoms. The van der Waals surface area contributed by atoms with Crippen LogP contribution in [0.2, 0.25) is 0 Å². The lowest BCUT2D eigenvalue weighted by molar-refractivity contribution is -0.145. The van der Waals surface area contributed by atoms with E-state index >= 15 is 0 Å².